The van der Waals surface area contributed by atoms with Crippen molar-refractivity contribution in [1.82, 2.24) is 0 Å². The van der Waals surface area contributed by atoms with Gasteiger partial charge in [-0.25, -0.2) is 0 Å². The summed E-state index contributed by atoms with van der Waals surface area (Å²) >= 11 is 0. The van der Waals surface area contributed by atoms with E-state index in [1.165, 1.54) is 5.56 Å². The van der Waals surface area contributed by atoms with Crippen LogP contribution in [0.5, 0.6) is 5.75 Å². The highest BCUT2D eigenvalue weighted by molar-refractivity contribution is 5.36. The maximum atomic E-state index is 9.74. The van der Waals surface area contributed by atoms with Crippen molar-refractivity contribution in [2.45, 2.75) is 33.5 Å². The molecule has 0 spiro atoms. The summed E-state index contributed by atoms with van der Waals surface area (Å²) in [4.78, 5) is 0. The van der Waals surface area contributed by atoms with E-state index < -0.39 is 6.10 Å². The molecule has 0 amide bonds. The Balaban J connectivity index is 2.17. The van der Waals surface area contributed by atoms with Gasteiger partial charge < -0.3 is 9.84 Å². The minimum atomic E-state index is -0.474. The Morgan fingerprint density at radius 1 is 1.11 bits per heavy atom. The lowest BCUT2D eigenvalue weighted by molar-refractivity contribution is 0.195. The molecule has 1 atom stereocenters. The van der Waals surface area contributed by atoms with Crippen molar-refractivity contribution in [2.75, 3.05) is 0 Å². The average Bonchev–Trinajstić information content (AvgIpc) is 2.40. The van der Waals surface area contributed by atoms with Crippen molar-refractivity contribution in [1.29, 1.82) is 0 Å². The lowest BCUT2D eigenvalue weighted by Gasteiger charge is -2.14. The summed E-state index contributed by atoms with van der Waals surface area (Å²) in [5.74, 6) is 0.903. The van der Waals surface area contributed by atoms with E-state index in [0.29, 0.717) is 6.61 Å². The zero-order valence-electron chi connectivity index (χ0n) is 11.7. The van der Waals surface area contributed by atoms with Gasteiger partial charge in [-0.05, 0) is 49.1 Å². The van der Waals surface area contributed by atoms with Crippen LogP contribution in [0.1, 0.15) is 35.3 Å². The summed E-state index contributed by atoms with van der Waals surface area (Å²) in [6, 6.07) is 14.0. The number of hydrogen-bond acceptors (Lipinski definition) is 2. The van der Waals surface area contributed by atoms with Gasteiger partial charge >= 0.3 is 0 Å². The topological polar surface area (TPSA) is 29.5 Å². The van der Waals surface area contributed by atoms with Crippen molar-refractivity contribution in [3.8, 4) is 5.75 Å². The standard InChI is InChI=1S/C17H20O2/c1-12-8-9-13(2)17(10-12)19-11-15-6-4-5-7-16(15)14(3)18/h4-10,14,18H,11H2,1-3H3. The number of rotatable bonds is 4. The zero-order chi connectivity index (χ0) is 13.8. The zero-order valence-corrected chi connectivity index (χ0v) is 11.7. The normalized spacial score (nSPS) is 12.2. The third kappa shape index (κ3) is 3.36. The molecule has 0 saturated carbocycles. The van der Waals surface area contributed by atoms with Crippen LogP contribution >= 0.6 is 0 Å². The minimum absolute atomic E-state index is 0.474. The highest BCUT2D eigenvalue weighted by Crippen LogP contribution is 2.23. The molecule has 0 aromatic heterocycles. The first-order valence-corrected chi connectivity index (χ1v) is 6.54. The molecule has 0 saturated heterocycles. The van der Waals surface area contributed by atoms with E-state index >= 15 is 0 Å². The van der Waals surface area contributed by atoms with E-state index in [2.05, 4.69) is 19.1 Å². The van der Waals surface area contributed by atoms with Gasteiger partial charge in [-0.3, -0.25) is 0 Å². The second-order valence-corrected chi connectivity index (χ2v) is 4.93. The van der Waals surface area contributed by atoms with Gasteiger partial charge in [0.15, 0.2) is 0 Å². The number of ether oxygens (including phenoxy) is 1. The number of aryl methyl sites for hydroxylation is 2. The van der Waals surface area contributed by atoms with Crippen LogP contribution in [0.15, 0.2) is 42.5 Å². The van der Waals surface area contributed by atoms with Crippen LogP contribution in [-0.2, 0) is 6.61 Å². The second-order valence-electron chi connectivity index (χ2n) is 4.93. The monoisotopic (exact) mass is 256 g/mol. The van der Waals surface area contributed by atoms with Crippen LogP contribution in [0.4, 0.5) is 0 Å². The second kappa shape index (κ2) is 5.89. The molecule has 0 aliphatic rings. The van der Waals surface area contributed by atoms with Crippen LogP contribution in [0.25, 0.3) is 0 Å². The first-order valence-electron chi connectivity index (χ1n) is 6.54. The fourth-order valence-electron chi connectivity index (χ4n) is 2.09. The van der Waals surface area contributed by atoms with E-state index in [0.717, 1.165) is 22.4 Å². The van der Waals surface area contributed by atoms with Crippen molar-refractivity contribution >= 4 is 0 Å². The van der Waals surface area contributed by atoms with E-state index in [4.69, 9.17) is 4.74 Å². The SMILES string of the molecule is Cc1ccc(C)c(OCc2ccccc2C(C)O)c1. The summed E-state index contributed by atoms with van der Waals surface area (Å²) in [5.41, 5.74) is 4.26. The van der Waals surface area contributed by atoms with Gasteiger partial charge in [-0.1, -0.05) is 36.4 Å². The first-order chi connectivity index (χ1) is 9.08. The molecule has 2 heteroatoms. The van der Waals surface area contributed by atoms with Gasteiger partial charge in [-0.15, -0.1) is 0 Å². The van der Waals surface area contributed by atoms with Crippen LogP contribution in [-0.4, -0.2) is 5.11 Å². The van der Waals surface area contributed by atoms with Crippen molar-refractivity contribution in [2.24, 2.45) is 0 Å². The molecule has 0 radical (unpaired) electrons. The summed E-state index contributed by atoms with van der Waals surface area (Å²) in [6.45, 7) is 6.34. The number of aliphatic hydroxyl groups excluding tert-OH is 1. The molecule has 2 aromatic carbocycles. The molecule has 100 valence electrons. The van der Waals surface area contributed by atoms with Crippen LogP contribution in [0.3, 0.4) is 0 Å². The van der Waals surface area contributed by atoms with Crippen LogP contribution < -0.4 is 4.74 Å². The molecule has 2 rings (SSSR count). The van der Waals surface area contributed by atoms with Gasteiger partial charge in [0.1, 0.15) is 12.4 Å². The van der Waals surface area contributed by atoms with E-state index in [1.807, 2.05) is 37.3 Å². The minimum Gasteiger partial charge on any atom is -0.489 e. The van der Waals surface area contributed by atoms with Crippen LogP contribution in [0, 0.1) is 13.8 Å². The Morgan fingerprint density at radius 3 is 2.58 bits per heavy atom. The fourth-order valence-corrected chi connectivity index (χ4v) is 2.09. The Kier molecular flexibility index (Phi) is 4.23. The van der Waals surface area contributed by atoms with Crippen LogP contribution in [0.2, 0.25) is 0 Å². The first kappa shape index (κ1) is 13.6. The lowest BCUT2D eigenvalue weighted by atomic mass is 10.0. The Bertz CT molecular complexity index is 559. The van der Waals surface area contributed by atoms with Gasteiger partial charge in [0, 0.05) is 0 Å². The Labute approximate surface area is 114 Å². The number of aliphatic hydroxyl groups is 1. The fraction of sp³-hybridized carbons (Fsp3) is 0.294. The van der Waals surface area contributed by atoms with Crippen molar-refractivity contribution < 1.29 is 9.84 Å². The third-order valence-electron chi connectivity index (χ3n) is 3.23. The van der Waals surface area contributed by atoms with Crippen molar-refractivity contribution in [3.05, 3.63) is 64.7 Å². The summed E-state index contributed by atoms with van der Waals surface area (Å²) < 4.78 is 5.88. The molecule has 0 aliphatic carbocycles. The molecule has 2 aromatic rings. The van der Waals surface area contributed by atoms with Gasteiger partial charge in [-0.2, -0.15) is 0 Å². The molecule has 1 N–H and O–H groups in total. The Morgan fingerprint density at radius 2 is 1.84 bits per heavy atom. The molecule has 1 unspecified atom stereocenters. The maximum Gasteiger partial charge on any atom is 0.122 e. The molecule has 19 heavy (non-hydrogen) atoms. The summed E-state index contributed by atoms with van der Waals surface area (Å²) in [7, 11) is 0. The van der Waals surface area contributed by atoms with Gasteiger partial charge in [0.2, 0.25) is 0 Å². The van der Waals surface area contributed by atoms with E-state index in [9.17, 15) is 5.11 Å². The van der Waals surface area contributed by atoms with E-state index in [1.54, 1.807) is 6.92 Å². The quantitative estimate of drug-likeness (QED) is 0.898. The summed E-state index contributed by atoms with van der Waals surface area (Å²) in [5, 5.41) is 9.74. The number of hydrogen-bond donors (Lipinski definition) is 1. The van der Waals surface area contributed by atoms with Gasteiger partial charge in [0.05, 0.1) is 6.10 Å². The molecular weight excluding hydrogens is 236 g/mol. The summed E-state index contributed by atoms with van der Waals surface area (Å²) in [6.07, 6.45) is -0.474. The average molecular weight is 256 g/mol. The molecule has 0 fully saturated rings. The molecule has 2 nitrogen and oxygen atoms in total. The van der Waals surface area contributed by atoms with Crippen molar-refractivity contribution in [3.63, 3.8) is 0 Å². The Hall–Kier alpha value is -1.80. The lowest BCUT2D eigenvalue weighted by Crippen LogP contribution is -2.03. The maximum absolute atomic E-state index is 9.74. The number of benzene rings is 2. The molecule has 0 bridgehead atoms. The predicted molar refractivity (Wildman–Crippen MR) is 77.3 cm³/mol. The largest absolute Gasteiger partial charge is 0.489 e. The van der Waals surface area contributed by atoms with E-state index in [-0.39, 0.29) is 0 Å². The third-order valence-corrected chi connectivity index (χ3v) is 3.23. The molecular formula is C17H20O2. The van der Waals surface area contributed by atoms with Gasteiger partial charge in [0.25, 0.3) is 0 Å². The predicted octanol–water partition coefficient (Wildman–Crippen LogP) is 3.94. The molecule has 0 heterocycles. The highest BCUT2D eigenvalue weighted by atomic mass is 16.5. The highest BCUT2D eigenvalue weighted by Gasteiger charge is 2.08. The molecule has 0 aliphatic heterocycles. The smallest absolute Gasteiger partial charge is 0.122 e.